The number of rotatable bonds is 2. The molecule has 0 aliphatic rings. The first-order chi connectivity index (χ1) is 10.2. The van der Waals surface area contributed by atoms with Crippen LogP contribution in [0.25, 0.3) is 10.9 Å². The average Bonchev–Trinajstić information content (AvgIpc) is 2.97. The molecule has 0 atom stereocenters. The summed E-state index contributed by atoms with van der Waals surface area (Å²) >= 11 is 0. The third-order valence-corrected chi connectivity index (χ3v) is 3.18. The molecule has 0 unspecified atom stereocenters. The number of fused-ring (bicyclic) bond motifs is 1. The molecule has 1 amide bonds. The number of hydrogen-bond acceptors (Lipinski definition) is 2. The summed E-state index contributed by atoms with van der Waals surface area (Å²) in [5, 5.41) is 12.3. The van der Waals surface area contributed by atoms with E-state index in [0.29, 0.717) is 11.3 Å². The number of carbonyl (C=O) groups is 1. The number of nitriles is 1. The van der Waals surface area contributed by atoms with E-state index in [4.69, 9.17) is 5.26 Å². The third kappa shape index (κ3) is 2.35. The summed E-state index contributed by atoms with van der Waals surface area (Å²) in [6, 6.07) is 12.8. The molecule has 0 spiro atoms. The number of aromatic amines is 1. The molecular weight excluding hydrogens is 269 g/mol. The monoisotopic (exact) mass is 279 g/mol. The lowest BCUT2D eigenvalue weighted by molar-refractivity contribution is 0.102. The van der Waals surface area contributed by atoms with Crippen molar-refractivity contribution in [3.8, 4) is 6.07 Å². The van der Waals surface area contributed by atoms with E-state index in [1.165, 1.54) is 12.1 Å². The van der Waals surface area contributed by atoms with Crippen molar-refractivity contribution in [3.63, 3.8) is 0 Å². The maximum Gasteiger partial charge on any atom is 0.256 e. The lowest BCUT2D eigenvalue weighted by Gasteiger charge is -2.07. The van der Waals surface area contributed by atoms with Gasteiger partial charge in [0.1, 0.15) is 11.9 Å². The number of aromatic nitrogens is 1. The standard InChI is InChI=1S/C16H10FN3O/c17-14-5-4-11(8-10(14)9-18)20-16(21)13-2-1-3-15-12(13)6-7-19-15/h1-8,19H,(H,20,21). The van der Waals surface area contributed by atoms with E-state index in [-0.39, 0.29) is 11.5 Å². The van der Waals surface area contributed by atoms with E-state index in [0.717, 1.165) is 17.0 Å². The number of nitrogens with zero attached hydrogens (tertiary/aromatic N) is 1. The summed E-state index contributed by atoms with van der Waals surface area (Å²) in [6.07, 6.45) is 1.76. The van der Waals surface area contributed by atoms with Gasteiger partial charge in [-0.25, -0.2) is 4.39 Å². The van der Waals surface area contributed by atoms with Crippen LogP contribution >= 0.6 is 0 Å². The van der Waals surface area contributed by atoms with Crippen LogP contribution in [-0.4, -0.2) is 10.9 Å². The molecule has 3 rings (SSSR count). The van der Waals surface area contributed by atoms with Gasteiger partial charge in [-0.2, -0.15) is 5.26 Å². The molecule has 0 fully saturated rings. The molecule has 0 aliphatic carbocycles. The van der Waals surface area contributed by atoms with Crippen LogP contribution in [0.5, 0.6) is 0 Å². The van der Waals surface area contributed by atoms with Crippen LogP contribution < -0.4 is 5.32 Å². The first-order valence-electron chi connectivity index (χ1n) is 6.26. The van der Waals surface area contributed by atoms with Gasteiger partial charge in [-0.15, -0.1) is 0 Å². The molecule has 2 N–H and O–H groups in total. The van der Waals surface area contributed by atoms with E-state index < -0.39 is 5.82 Å². The molecule has 0 saturated heterocycles. The Morgan fingerprint density at radius 2 is 2.10 bits per heavy atom. The molecule has 1 heterocycles. The number of carbonyl (C=O) groups excluding carboxylic acids is 1. The Morgan fingerprint density at radius 3 is 2.90 bits per heavy atom. The highest BCUT2D eigenvalue weighted by Gasteiger charge is 2.11. The minimum absolute atomic E-state index is 0.104. The summed E-state index contributed by atoms with van der Waals surface area (Å²) < 4.78 is 13.3. The van der Waals surface area contributed by atoms with Crippen LogP contribution in [-0.2, 0) is 0 Å². The van der Waals surface area contributed by atoms with Gasteiger partial charge in [-0.05, 0) is 36.4 Å². The van der Waals surface area contributed by atoms with Crippen LogP contribution in [0.3, 0.4) is 0 Å². The fourth-order valence-corrected chi connectivity index (χ4v) is 2.17. The number of nitrogens with one attached hydrogen (secondary N) is 2. The first kappa shape index (κ1) is 12.9. The molecule has 0 saturated carbocycles. The van der Waals surface area contributed by atoms with Crippen molar-refractivity contribution in [2.24, 2.45) is 0 Å². The maximum absolute atomic E-state index is 13.3. The normalized spacial score (nSPS) is 10.3. The maximum atomic E-state index is 13.3. The minimum Gasteiger partial charge on any atom is -0.361 e. The Balaban J connectivity index is 1.93. The minimum atomic E-state index is -0.608. The smallest absolute Gasteiger partial charge is 0.256 e. The van der Waals surface area contributed by atoms with Gasteiger partial charge < -0.3 is 10.3 Å². The Morgan fingerprint density at radius 1 is 1.24 bits per heavy atom. The predicted molar refractivity (Wildman–Crippen MR) is 77.4 cm³/mol. The van der Waals surface area contributed by atoms with Crippen molar-refractivity contribution in [3.05, 3.63) is 65.6 Å². The van der Waals surface area contributed by atoms with Crippen molar-refractivity contribution in [2.45, 2.75) is 0 Å². The van der Waals surface area contributed by atoms with Gasteiger partial charge in [0.05, 0.1) is 5.56 Å². The fraction of sp³-hybridized carbons (Fsp3) is 0. The fourth-order valence-electron chi connectivity index (χ4n) is 2.17. The number of benzene rings is 2. The van der Waals surface area contributed by atoms with Crippen LogP contribution in [0, 0.1) is 17.1 Å². The van der Waals surface area contributed by atoms with Crippen LogP contribution in [0.4, 0.5) is 10.1 Å². The highest BCUT2D eigenvalue weighted by molar-refractivity contribution is 6.12. The Kier molecular flexibility index (Phi) is 3.13. The molecular formula is C16H10FN3O. The Hall–Kier alpha value is -3.13. The highest BCUT2D eigenvalue weighted by Crippen LogP contribution is 2.20. The zero-order valence-corrected chi connectivity index (χ0v) is 10.9. The van der Waals surface area contributed by atoms with E-state index in [9.17, 15) is 9.18 Å². The predicted octanol–water partition coefficient (Wildman–Crippen LogP) is 3.43. The largest absolute Gasteiger partial charge is 0.361 e. The Labute approximate surface area is 119 Å². The lowest BCUT2D eigenvalue weighted by atomic mass is 10.1. The molecule has 0 aliphatic heterocycles. The van der Waals surface area contributed by atoms with E-state index >= 15 is 0 Å². The van der Waals surface area contributed by atoms with Gasteiger partial charge in [0.25, 0.3) is 5.91 Å². The molecule has 1 aromatic heterocycles. The summed E-state index contributed by atoms with van der Waals surface area (Å²) in [4.78, 5) is 15.3. The SMILES string of the molecule is N#Cc1cc(NC(=O)c2cccc3[nH]ccc23)ccc1F. The molecule has 2 aromatic carbocycles. The third-order valence-electron chi connectivity index (χ3n) is 3.18. The molecule has 0 radical (unpaired) electrons. The molecule has 3 aromatic rings. The van der Waals surface area contributed by atoms with Crippen molar-refractivity contribution in [2.75, 3.05) is 5.32 Å². The molecule has 4 nitrogen and oxygen atoms in total. The van der Waals surface area contributed by atoms with E-state index in [2.05, 4.69) is 10.3 Å². The van der Waals surface area contributed by atoms with E-state index in [1.54, 1.807) is 24.4 Å². The first-order valence-corrected chi connectivity index (χ1v) is 6.26. The zero-order valence-electron chi connectivity index (χ0n) is 10.9. The molecule has 21 heavy (non-hydrogen) atoms. The molecule has 102 valence electrons. The van der Waals surface area contributed by atoms with Gasteiger partial charge in [0.2, 0.25) is 0 Å². The average molecular weight is 279 g/mol. The molecule has 5 heteroatoms. The van der Waals surface area contributed by atoms with Gasteiger partial charge >= 0.3 is 0 Å². The second-order valence-electron chi connectivity index (χ2n) is 4.51. The van der Waals surface area contributed by atoms with Crippen LogP contribution in [0.15, 0.2) is 48.7 Å². The van der Waals surface area contributed by atoms with Gasteiger partial charge in [-0.3, -0.25) is 4.79 Å². The summed E-state index contributed by atoms with van der Waals surface area (Å²) in [5.41, 5.74) is 1.65. The van der Waals surface area contributed by atoms with Crippen molar-refractivity contribution in [1.82, 2.24) is 4.98 Å². The second-order valence-corrected chi connectivity index (χ2v) is 4.51. The van der Waals surface area contributed by atoms with Crippen molar-refractivity contribution < 1.29 is 9.18 Å². The zero-order chi connectivity index (χ0) is 14.8. The van der Waals surface area contributed by atoms with E-state index in [1.807, 2.05) is 12.1 Å². The number of halogens is 1. The summed E-state index contributed by atoms with van der Waals surface area (Å²) in [6.45, 7) is 0. The summed E-state index contributed by atoms with van der Waals surface area (Å²) in [7, 11) is 0. The number of amides is 1. The number of H-pyrrole nitrogens is 1. The molecule has 0 bridgehead atoms. The highest BCUT2D eigenvalue weighted by atomic mass is 19.1. The number of anilines is 1. The quantitative estimate of drug-likeness (QED) is 0.754. The van der Waals surface area contributed by atoms with Gasteiger partial charge in [0.15, 0.2) is 0 Å². The van der Waals surface area contributed by atoms with Crippen LogP contribution in [0.1, 0.15) is 15.9 Å². The van der Waals surface area contributed by atoms with Gasteiger partial charge in [0, 0.05) is 28.4 Å². The van der Waals surface area contributed by atoms with Crippen LogP contribution in [0.2, 0.25) is 0 Å². The lowest BCUT2D eigenvalue weighted by Crippen LogP contribution is -2.12. The second kappa shape index (κ2) is 5.10. The Bertz CT molecular complexity index is 877. The summed E-state index contributed by atoms with van der Waals surface area (Å²) in [5.74, 6) is -0.918. The number of hydrogen-bond donors (Lipinski definition) is 2. The van der Waals surface area contributed by atoms with Gasteiger partial charge in [-0.1, -0.05) is 6.07 Å². The topological polar surface area (TPSA) is 68.7 Å². The van der Waals surface area contributed by atoms with Crippen molar-refractivity contribution >= 4 is 22.5 Å². The van der Waals surface area contributed by atoms with Crippen molar-refractivity contribution in [1.29, 1.82) is 5.26 Å².